The first-order chi connectivity index (χ1) is 12.5. The lowest BCUT2D eigenvalue weighted by atomic mass is 9.89. The van der Waals surface area contributed by atoms with Crippen molar-refractivity contribution < 1.29 is 19.4 Å². The largest absolute Gasteiger partial charge is 0.481 e. The molecule has 6 heteroatoms. The average Bonchev–Trinajstić information content (AvgIpc) is 3.00. The molecule has 2 N–H and O–H groups in total. The fourth-order valence-corrected chi connectivity index (χ4v) is 3.15. The Bertz CT molecular complexity index is 834. The lowest BCUT2D eigenvalue weighted by Gasteiger charge is -2.16. The fourth-order valence-electron chi connectivity index (χ4n) is 3.15. The van der Waals surface area contributed by atoms with Crippen LogP contribution >= 0.6 is 0 Å². The molecule has 6 nitrogen and oxygen atoms in total. The number of aliphatic hydroxyl groups is 1. The Balaban J connectivity index is 1.89. The summed E-state index contributed by atoms with van der Waals surface area (Å²) in [5.41, 5.74) is 2.46. The highest BCUT2D eigenvalue weighted by Gasteiger charge is 2.40. The number of aliphatic hydroxyl groups excluding tert-OH is 1. The molecule has 1 amide bonds. The third-order valence-corrected chi connectivity index (χ3v) is 4.58. The van der Waals surface area contributed by atoms with Gasteiger partial charge in [-0.25, -0.2) is 4.98 Å². The van der Waals surface area contributed by atoms with Gasteiger partial charge in [-0.1, -0.05) is 31.5 Å². The van der Waals surface area contributed by atoms with Crippen LogP contribution < -0.4 is 10.1 Å². The Kier molecular flexibility index (Phi) is 5.32. The number of anilines is 1. The van der Waals surface area contributed by atoms with Gasteiger partial charge in [0.15, 0.2) is 0 Å². The van der Waals surface area contributed by atoms with Crippen LogP contribution in [-0.2, 0) is 11.2 Å². The number of unbranched alkanes of at least 4 members (excludes halogenated alkanes) is 1. The molecule has 0 spiro atoms. The van der Waals surface area contributed by atoms with Gasteiger partial charge in [-0.05, 0) is 36.1 Å². The van der Waals surface area contributed by atoms with Crippen molar-refractivity contribution in [1.29, 1.82) is 0 Å². The smallest absolute Gasteiger partial charge is 0.235 e. The molecule has 0 saturated heterocycles. The minimum atomic E-state index is -1.50. The van der Waals surface area contributed by atoms with E-state index in [0.29, 0.717) is 11.3 Å². The van der Waals surface area contributed by atoms with Crippen molar-refractivity contribution in [3.63, 3.8) is 0 Å². The summed E-state index contributed by atoms with van der Waals surface area (Å²) < 4.78 is 5.02. The molecule has 0 radical (unpaired) electrons. The molecule has 2 aromatic rings. The number of carbonyl (C=O) groups is 2. The monoisotopic (exact) mass is 354 g/mol. The zero-order chi connectivity index (χ0) is 18.7. The standard InChI is InChI=1S/C20H22N2O4/c1-3-4-6-12-9-10-14-13(11-12)17(20(25)22-14)19(24)18(23)15-7-5-8-16(21-15)26-2/h5,7-11,17,19,24H,3-4,6H2,1-2H3,(H,22,25). The van der Waals surface area contributed by atoms with Gasteiger partial charge in [0.2, 0.25) is 17.6 Å². The third-order valence-electron chi connectivity index (χ3n) is 4.58. The highest BCUT2D eigenvalue weighted by atomic mass is 16.5. The number of fused-ring (bicyclic) bond motifs is 1. The van der Waals surface area contributed by atoms with E-state index in [2.05, 4.69) is 17.2 Å². The Morgan fingerprint density at radius 1 is 1.35 bits per heavy atom. The van der Waals surface area contributed by atoms with Crippen molar-refractivity contribution in [3.8, 4) is 5.88 Å². The van der Waals surface area contributed by atoms with Crippen LogP contribution in [0, 0.1) is 0 Å². The number of hydrogen-bond donors (Lipinski definition) is 2. The van der Waals surface area contributed by atoms with Gasteiger partial charge in [0.1, 0.15) is 11.8 Å². The summed E-state index contributed by atoms with van der Waals surface area (Å²) in [5, 5.41) is 13.4. The minimum Gasteiger partial charge on any atom is -0.481 e. The molecule has 136 valence electrons. The van der Waals surface area contributed by atoms with Crippen LogP contribution in [0.1, 0.15) is 47.3 Å². The lowest BCUT2D eigenvalue weighted by Crippen LogP contribution is -2.33. The fraction of sp³-hybridized carbons (Fsp3) is 0.350. The van der Waals surface area contributed by atoms with E-state index in [9.17, 15) is 14.7 Å². The predicted molar refractivity (Wildman–Crippen MR) is 97.6 cm³/mol. The van der Waals surface area contributed by atoms with Crippen LogP contribution in [0.4, 0.5) is 5.69 Å². The topological polar surface area (TPSA) is 88.5 Å². The number of Topliss-reactive ketones (excluding diaryl/α,β-unsaturated/α-hetero) is 1. The van der Waals surface area contributed by atoms with Crippen molar-refractivity contribution in [2.75, 3.05) is 12.4 Å². The summed E-state index contributed by atoms with van der Waals surface area (Å²) in [7, 11) is 1.45. The maximum atomic E-state index is 12.7. The highest BCUT2D eigenvalue weighted by Crippen LogP contribution is 2.36. The van der Waals surface area contributed by atoms with E-state index >= 15 is 0 Å². The number of amides is 1. The number of ether oxygens (including phenoxy) is 1. The normalized spacial score (nSPS) is 16.7. The van der Waals surface area contributed by atoms with Crippen LogP contribution in [0.15, 0.2) is 36.4 Å². The Morgan fingerprint density at radius 3 is 2.88 bits per heavy atom. The number of aryl methyl sites for hydroxylation is 1. The maximum Gasteiger partial charge on any atom is 0.235 e. The number of rotatable bonds is 7. The number of benzene rings is 1. The van der Waals surface area contributed by atoms with Crippen molar-refractivity contribution in [2.24, 2.45) is 0 Å². The summed E-state index contributed by atoms with van der Waals surface area (Å²) in [6.45, 7) is 2.12. The van der Waals surface area contributed by atoms with Crippen molar-refractivity contribution in [1.82, 2.24) is 4.98 Å². The highest BCUT2D eigenvalue weighted by molar-refractivity contribution is 6.09. The maximum absolute atomic E-state index is 12.7. The van der Waals surface area contributed by atoms with Crippen LogP contribution in [0.2, 0.25) is 0 Å². The van der Waals surface area contributed by atoms with Gasteiger partial charge in [-0.15, -0.1) is 0 Å². The number of ketones is 1. The first-order valence-corrected chi connectivity index (χ1v) is 8.72. The van der Waals surface area contributed by atoms with E-state index in [4.69, 9.17) is 4.74 Å². The molecule has 0 saturated carbocycles. The molecule has 26 heavy (non-hydrogen) atoms. The van der Waals surface area contributed by atoms with Gasteiger partial charge >= 0.3 is 0 Å². The Morgan fingerprint density at radius 2 is 2.15 bits per heavy atom. The van der Waals surface area contributed by atoms with Gasteiger partial charge in [-0.2, -0.15) is 0 Å². The third kappa shape index (κ3) is 3.46. The lowest BCUT2D eigenvalue weighted by molar-refractivity contribution is -0.118. The molecule has 0 aliphatic carbocycles. The molecule has 1 aromatic heterocycles. The zero-order valence-corrected chi connectivity index (χ0v) is 14.9. The minimum absolute atomic E-state index is 0.0697. The van der Waals surface area contributed by atoms with E-state index in [1.165, 1.54) is 13.2 Å². The summed E-state index contributed by atoms with van der Waals surface area (Å²) in [6, 6.07) is 10.4. The van der Waals surface area contributed by atoms with E-state index in [0.717, 1.165) is 24.8 Å². The summed E-state index contributed by atoms with van der Waals surface area (Å²) >= 11 is 0. The molecule has 1 aromatic carbocycles. The Hall–Kier alpha value is -2.73. The first kappa shape index (κ1) is 18.1. The first-order valence-electron chi connectivity index (χ1n) is 8.72. The van der Waals surface area contributed by atoms with Gasteiger partial charge < -0.3 is 15.2 Å². The molecule has 0 fully saturated rings. The average molecular weight is 354 g/mol. The summed E-state index contributed by atoms with van der Waals surface area (Å²) in [6.07, 6.45) is 1.50. The summed E-state index contributed by atoms with van der Waals surface area (Å²) in [4.78, 5) is 29.1. The van der Waals surface area contributed by atoms with Crippen LogP contribution in [-0.4, -0.2) is 35.0 Å². The number of aromatic nitrogens is 1. The molecule has 1 aliphatic heterocycles. The molecule has 2 atom stereocenters. The second kappa shape index (κ2) is 7.66. The molecule has 1 aliphatic rings. The molecule has 2 heterocycles. The van der Waals surface area contributed by atoms with Gasteiger partial charge in [-0.3, -0.25) is 9.59 Å². The quantitative estimate of drug-likeness (QED) is 0.747. The van der Waals surface area contributed by atoms with Gasteiger partial charge in [0, 0.05) is 11.8 Å². The van der Waals surface area contributed by atoms with Crippen molar-refractivity contribution >= 4 is 17.4 Å². The number of nitrogens with zero attached hydrogens (tertiary/aromatic N) is 1. The van der Waals surface area contributed by atoms with Crippen LogP contribution in [0.25, 0.3) is 0 Å². The van der Waals surface area contributed by atoms with E-state index in [1.807, 2.05) is 18.2 Å². The molecule has 2 unspecified atom stereocenters. The number of methoxy groups -OCH3 is 1. The SMILES string of the molecule is CCCCc1ccc2c(c1)C(C(O)C(=O)c1cccc(OC)n1)C(=O)N2. The zero-order valence-electron chi connectivity index (χ0n) is 14.9. The molecular weight excluding hydrogens is 332 g/mol. The molecule has 3 rings (SSSR count). The van der Waals surface area contributed by atoms with E-state index in [-0.39, 0.29) is 17.5 Å². The molecular formula is C20H22N2O4. The van der Waals surface area contributed by atoms with Crippen LogP contribution in [0.5, 0.6) is 5.88 Å². The summed E-state index contributed by atoms with van der Waals surface area (Å²) in [5.74, 6) is -1.64. The number of nitrogens with one attached hydrogen (secondary N) is 1. The second-order valence-corrected chi connectivity index (χ2v) is 6.37. The van der Waals surface area contributed by atoms with E-state index < -0.39 is 17.8 Å². The van der Waals surface area contributed by atoms with E-state index in [1.54, 1.807) is 12.1 Å². The Labute approximate surface area is 152 Å². The molecule has 0 bridgehead atoms. The van der Waals surface area contributed by atoms with Gasteiger partial charge in [0.25, 0.3) is 0 Å². The van der Waals surface area contributed by atoms with Gasteiger partial charge in [0.05, 0.1) is 13.0 Å². The second-order valence-electron chi connectivity index (χ2n) is 6.37. The number of carbonyl (C=O) groups excluding carboxylic acids is 2. The number of hydrogen-bond acceptors (Lipinski definition) is 5. The van der Waals surface area contributed by atoms with Crippen molar-refractivity contribution in [3.05, 3.63) is 53.2 Å². The number of pyridine rings is 1. The van der Waals surface area contributed by atoms with Crippen molar-refractivity contribution in [2.45, 2.75) is 38.2 Å². The predicted octanol–water partition coefficient (Wildman–Crippen LogP) is 2.71. The van der Waals surface area contributed by atoms with Crippen LogP contribution in [0.3, 0.4) is 0 Å².